The number of carbonyl (C=O) groups is 2. The Morgan fingerprint density at radius 1 is 1.19 bits per heavy atom. The van der Waals surface area contributed by atoms with E-state index < -0.39 is 12.1 Å². The van der Waals surface area contributed by atoms with Crippen molar-refractivity contribution in [3.05, 3.63) is 83.4 Å². The van der Waals surface area contributed by atoms with E-state index in [1.54, 1.807) is 30.3 Å². The van der Waals surface area contributed by atoms with Crippen LogP contribution in [0.3, 0.4) is 0 Å². The van der Waals surface area contributed by atoms with E-state index in [0.29, 0.717) is 25.8 Å². The largest absolute Gasteiger partial charge is 0.478 e. The van der Waals surface area contributed by atoms with Gasteiger partial charge < -0.3 is 15.1 Å². The molecule has 1 fully saturated rings. The average molecular weight is 432 g/mol. The molecule has 1 amide bonds. The third-order valence-electron chi connectivity index (χ3n) is 5.76. The van der Waals surface area contributed by atoms with Crippen molar-refractivity contribution in [3.63, 3.8) is 0 Å². The predicted molar refractivity (Wildman–Crippen MR) is 124 cm³/mol. The van der Waals surface area contributed by atoms with Crippen molar-refractivity contribution in [1.82, 2.24) is 4.90 Å². The van der Waals surface area contributed by atoms with Crippen molar-refractivity contribution in [3.8, 4) is 11.8 Å². The topological polar surface area (TPSA) is 77.8 Å². The van der Waals surface area contributed by atoms with Gasteiger partial charge >= 0.3 is 5.97 Å². The van der Waals surface area contributed by atoms with E-state index >= 15 is 0 Å². The minimum atomic E-state index is -0.949. The monoisotopic (exact) mass is 431 g/mol. The van der Waals surface area contributed by atoms with Crippen LogP contribution in [0.2, 0.25) is 0 Å². The third kappa shape index (κ3) is 6.57. The molecule has 2 aromatic carbocycles. The number of aromatic carboxylic acids is 1. The first-order valence-corrected chi connectivity index (χ1v) is 11.0. The van der Waals surface area contributed by atoms with Gasteiger partial charge in [0.15, 0.2) is 0 Å². The van der Waals surface area contributed by atoms with Gasteiger partial charge in [0.05, 0.1) is 17.7 Å². The second kappa shape index (κ2) is 11.3. The van der Waals surface area contributed by atoms with E-state index in [1.807, 2.05) is 48.2 Å². The maximum atomic E-state index is 12.3. The first-order valence-electron chi connectivity index (χ1n) is 11.0. The van der Waals surface area contributed by atoms with Crippen molar-refractivity contribution in [2.45, 2.75) is 44.8 Å². The van der Waals surface area contributed by atoms with Gasteiger partial charge in [0.2, 0.25) is 5.91 Å². The number of likely N-dealkylation sites (tertiary alicyclic amines) is 1. The highest BCUT2D eigenvalue weighted by Gasteiger charge is 2.28. The molecule has 0 unspecified atom stereocenters. The zero-order valence-electron chi connectivity index (χ0n) is 18.3. The molecular formula is C27H29NO4. The standard InChI is InChI=1S/C27H29NO4/c1-20(6-5-9-21-7-3-2-4-8-21)25(29)16-14-24-15-17-26(30)28(24)19-18-22-10-12-23(13-11-22)27(31)32/h2-4,7-8,10-14,16,20,24-25,29H,6,15,17-19H2,1H3,(H,31,32)/b16-14+/t20-,24-,25+/m0/s1. The average Bonchev–Trinajstić information content (AvgIpc) is 3.16. The van der Waals surface area contributed by atoms with Gasteiger partial charge in [-0.15, -0.1) is 0 Å². The molecule has 0 bridgehead atoms. The van der Waals surface area contributed by atoms with Crippen molar-refractivity contribution in [1.29, 1.82) is 0 Å². The van der Waals surface area contributed by atoms with E-state index in [1.165, 1.54) is 0 Å². The van der Waals surface area contributed by atoms with E-state index in [-0.39, 0.29) is 23.4 Å². The molecule has 0 spiro atoms. The number of aliphatic hydroxyl groups is 1. The van der Waals surface area contributed by atoms with E-state index in [0.717, 1.165) is 17.5 Å². The fourth-order valence-corrected chi connectivity index (χ4v) is 3.70. The van der Waals surface area contributed by atoms with Gasteiger partial charge in [-0.1, -0.05) is 61.2 Å². The summed E-state index contributed by atoms with van der Waals surface area (Å²) in [5, 5.41) is 19.5. The number of benzene rings is 2. The molecule has 3 atom stereocenters. The van der Waals surface area contributed by atoms with Crippen LogP contribution in [-0.2, 0) is 11.2 Å². The van der Waals surface area contributed by atoms with Gasteiger partial charge in [-0.25, -0.2) is 4.79 Å². The normalized spacial score (nSPS) is 17.8. The van der Waals surface area contributed by atoms with E-state index in [4.69, 9.17) is 5.11 Å². The Kier molecular flexibility index (Phi) is 8.24. The van der Waals surface area contributed by atoms with Gasteiger partial charge in [0.25, 0.3) is 0 Å². The Hall–Kier alpha value is -3.36. The summed E-state index contributed by atoms with van der Waals surface area (Å²) in [7, 11) is 0. The number of carbonyl (C=O) groups excluding carboxylic acids is 1. The summed E-state index contributed by atoms with van der Waals surface area (Å²) in [5.74, 6) is 5.39. The van der Waals surface area contributed by atoms with Crippen molar-refractivity contribution in [2.24, 2.45) is 5.92 Å². The first kappa shape index (κ1) is 23.3. The highest BCUT2D eigenvalue weighted by molar-refractivity contribution is 5.87. The van der Waals surface area contributed by atoms with Gasteiger partial charge in [-0.3, -0.25) is 4.79 Å². The number of amides is 1. The number of rotatable bonds is 8. The minimum absolute atomic E-state index is 0.0132. The summed E-state index contributed by atoms with van der Waals surface area (Å²) in [6.07, 6.45) is 5.57. The first-order chi connectivity index (χ1) is 15.4. The smallest absolute Gasteiger partial charge is 0.335 e. The number of carboxylic acids is 1. The summed E-state index contributed by atoms with van der Waals surface area (Å²) in [6.45, 7) is 2.53. The lowest BCUT2D eigenvalue weighted by Gasteiger charge is -2.23. The Labute approximate surface area is 189 Å². The summed E-state index contributed by atoms with van der Waals surface area (Å²) >= 11 is 0. The molecule has 2 aromatic rings. The van der Waals surface area contributed by atoms with Crippen molar-refractivity contribution >= 4 is 11.9 Å². The molecule has 0 aromatic heterocycles. The summed E-state index contributed by atoms with van der Waals surface area (Å²) in [4.78, 5) is 25.2. The fourth-order valence-electron chi connectivity index (χ4n) is 3.70. The van der Waals surface area contributed by atoms with Gasteiger partial charge in [0, 0.05) is 24.9 Å². The molecule has 0 radical (unpaired) electrons. The molecule has 1 aliphatic heterocycles. The highest BCUT2D eigenvalue weighted by Crippen LogP contribution is 2.21. The van der Waals surface area contributed by atoms with Crippen LogP contribution in [0.1, 0.15) is 47.7 Å². The lowest BCUT2D eigenvalue weighted by molar-refractivity contribution is -0.128. The molecule has 1 aliphatic rings. The van der Waals surface area contributed by atoms with Crippen LogP contribution in [-0.4, -0.2) is 45.7 Å². The molecule has 1 saturated heterocycles. The molecule has 5 nitrogen and oxygen atoms in total. The third-order valence-corrected chi connectivity index (χ3v) is 5.76. The van der Waals surface area contributed by atoms with E-state index in [2.05, 4.69) is 11.8 Å². The second-order valence-corrected chi connectivity index (χ2v) is 8.17. The predicted octanol–water partition coefficient (Wildman–Crippen LogP) is 3.91. The SMILES string of the molecule is C[C@@H](CC#Cc1ccccc1)[C@H](O)/C=C/[C@H]1CCC(=O)N1CCc1ccc(C(=O)O)cc1. The molecule has 5 heteroatoms. The number of carboxylic acid groups (broad SMARTS) is 1. The Morgan fingerprint density at radius 3 is 2.59 bits per heavy atom. The zero-order chi connectivity index (χ0) is 22.9. The molecular weight excluding hydrogens is 402 g/mol. The summed E-state index contributed by atoms with van der Waals surface area (Å²) in [6, 6.07) is 16.5. The van der Waals surface area contributed by atoms with Gasteiger partial charge in [-0.05, 0) is 48.6 Å². The quantitative estimate of drug-likeness (QED) is 0.491. The Balaban J connectivity index is 1.52. The van der Waals surface area contributed by atoms with Gasteiger partial charge in [-0.2, -0.15) is 0 Å². The minimum Gasteiger partial charge on any atom is -0.478 e. The summed E-state index contributed by atoms with van der Waals surface area (Å²) in [5.41, 5.74) is 2.20. The number of hydrogen-bond acceptors (Lipinski definition) is 3. The lowest BCUT2D eigenvalue weighted by Crippen LogP contribution is -2.34. The van der Waals surface area contributed by atoms with Crippen LogP contribution in [0, 0.1) is 17.8 Å². The van der Waals surface area contributed by atoms with Crippen molar-refractivity contribution in [2.75, 3.05) is 6.54 Å². The summed E-state index contributed by atoms with van der Waals surface area (Å²) < 4.78 is 0. The van der Waals surface area contributed by atoms with Crippen molar-refractivity contribution < 1.29 is 19.8 Å². The van der Waals surface area contributed by atoms with Crippen LogP contribution >= 0.6 is 0 Å². The van der Waals surface area contributed by atoms with Gasteiger partial charge in [0.1, 0.15) is 0 Å². The lowest BCUT2D eigenvalue weighted by atomic mass is 9.99. The number of aliphatic hydroxyl groups excluding tert-OH is 1. The second-order valence-electron chi connectivity index (χ2n) is 8.17. The molecule has 0 aliphatic carbocycles. The Bertz CT molecular complexity index is 1000. The van der Waals surface area contributed by atoms with Crippen LogP contribution in [0.5, 0.6) is 0 Å². The molecule has 0 saturated carbocycles. The highest BCUT2D eigenvalue weighted by atomic mass is 16.4. The zero-order valence-corrected chi connectivity index (χ0v) is 18.3. The van der Waals surface area contributed by atoms with E-state index in [9.17, 15) is 14.7 Å². The number of hydrogen-bond donors (Lipinski definition) is 2. The number of nitrogens with zero attached hydrogens (tertiary/aromatic N) is 1. The Morgan fingerprint density at radius 2 is 1.91 bits per heavy atom. The molecule has 2 N–H and O–H groups in total. The molecule has 1 heterocycles. The maximum absolute atomic E-state index is 12.3. The van der Waals surface area contributed by atoms with Crippen LogP contribution < -0.4 is 0 Å². The molecule has 166 valence electrons. The van der Waals surface area contributed by atoms with Crippen LogP contribution in [0.25, 0.3) is 0 Å². The molecule has 3 rings (SSSR count). The molecule has 32 heavy (non-hydrogen) atoms. The fraction of sp³-hybridized carbons (Fsp3) is 0.333. The van der Waals surface area contributed by atoms with Crippen LogP contribution in [0.4, 0.5) is 0 Å². The maximum Gasteiger partial charge on any atom is 0.335 e. The van der Waals surface area contributed by atoms with Crippen LogP contribution in [0.15, 0.2) is 66.7 Å².